The summed E-state index contributed by atoms with van der Waals surface area (Å²) in [5.41, 5.74) is 0.626. The number of carbonyl (C=O) groups excluding carboxylic acids is 1. The van der Waals surface area contributed by atoms with Crippen LogP contribution in [0, 0.1) is 5.82 Å². The lowest BCUT2D eigenvalue weighted by atomic mass is 10.1. The van der Waals surface area contributed by atoms with E-state index in [9.17, 15) is 9.18 Å². The summed E-state index contributed by atoms with van der Waals surface area (Å²) in [6, 6.07) is 5.70. The highest BCUT2D eigenvalue weighted by Crippen LogP contribution is 2.20. The predicted octanol–water partition coefficient (Wildman–Crippen LogP) is 2.82. The van der Waals surface area contributed by atoms with E-state index in [0.29, 0.717) is 5.69 Å². The van der Waals surface area contributed by atoms with E-state index in [-0.39, 0.29) is 17.8 Å². The molecule has 7 heteroatoms. The van der Waals surface area contributed by atoms with Gasteiger partial charge in [-0.15, -0.1) is 11.3 Å². The Balaban J connectivity index is 1.58. The second-order valence-corrected chi connectivity index (χ2v) is 6.63. The normalized spacial score (nSPS) is 16.8. The summed E-state index contributed by atoms with van der Waals surface area (Å²) >= 11 is 1.64. The molecule has 1 saturated heterocycles. The van der Waals surface area contributed by atoms with Crippen molar-refractivity contribution in [3.05, 3.63) is 41.7 Å². The Morgan fingerprint density at radius 2 is 2.00 bits per heavy atom. The highest BCUT2D eigenvalue weighted by atomic mass is 32.1. The largest absolute Gasteiger partial charge is 0.346 e. The fourth-order valence-electron chi connectivity index (χ4n) is 2.97. The van der Waals surface area contributed by atoms with E-state index in [1.54, 1.807) is 23.5 Å². The number of carbonyl (C=O) groups is 1. The Morgan fingerprint density at radius 3 is 2.58 bits per heavy atom. The lowest BCUT2D eigenvalue weighted by Crippen LogP contribution is -2.53. The summed E-state index contributed by atoms with van der Waals surface area (Å²) in [5.74, 6) is -0.342. The van der Waals surface area contributed by atoms with E-state index in [4.69, 9.17) is 0 Å². The summed E-state index contributed by atoms with van der Waals surface area (Å²) in [6.45, 7) is 5.41. The van der Waals surface area contributed by atoms with Crippen molar-refractivity contribution in [3.8, 4) is 0 Å². The van der Waals surface area contributed by atoms with Gasteiger partial charge < -0.3 is 10.2 Å². The first-order valence-corrected chi connectivity index (χ1v) is 9.00. The SMILES string of the molecule is CC[C@@H](C(=O)Nc1ccc(F)cc1)N1CCN(c2nccs2)CC1. The minimum atomic E-state index is -0.307. The molecular formula is C17H21FN4OS. The van der Waals surface area contributed by atoms with Crippen molar-refractivity contribution in [2.75, 3.05) is 36.4 Å². The van der Waals surface area contributed by atoms with Crippen LogP contribution in [0.5, 0.6) is 0 Å². The lowest BCUT2D eigenvalue weighted by molar-refractivity contribution is -0.121. The van der Waals surface area contributed by atoms with Crippen molar-refractivity contribution in [2.45, 2.75) is 19.4 Å². The Bertz CT molecular complexity index is 654. The molecule has 5 nitrogen and oxygen atoms in total. The quantitative estimate of drug-likeness (QED) is 0.903. The Morgan fingerprint density at radius 1 is 1.29 bits per heavy atom. The second-order valence-electron chi connectivity index (χ2n) is 5.76. The molecule has 1 aliphatic rings. The van der Waals surface area contributed by atoms with E-state index in [2.05, 4.69) is 20.1 Å². The fourth-order valence-corrected chi connectivity index (χ4v) is 3.66. The molecule has 1 aliphatic heterocycles. The standard InChI is InChI=1S/C17H21FN4OS/c1-2-15(16(23)20-14-5-3-13(18)4-6-14)21-8-10-22(11-9-21)17-19-7-12-24-17/h3-7,12,15H,2,8-11H2,1H3,(H,20,23)/t15-/m0/s1. The van der Waals surface area contributed by atoms with Crippen molar-refractivity contribution < 1.29 is 9.18 Å². The van der Waals surface area contributed by atoms with Crippen molar-refractivity contribution in [1.82, 2.24) is 9.88 Å². The molecule has 2 aromatic rings. The van der Waals surface area contributed by atoms with Gasteiger partial charge in [-0.25, -0.2) is 9.37 Å². The van der Waals surface area contributed by atoms with Crippen LogP contribution in [0.2, 0.25) is 0 Å². The molecular weight excluding hydrogens is 327 g/mol. The first-order valence-electron chi connectivity index (χ1n) is 8.12. The number of piperazine rings is 1. The van der Waals surface area contributed by atoms with E-state index in [1.165, 1.54) is 12.1 Å². The topological polar surface area (TPSA) is 48.5 Å². The van der Waals surface area contributed by atoms with Gasteiger partial charge in [0.25, 0.3) is 0 Å². The van der Waals surface area contributed by atoms with E-state index >= 15 is 0 Å². The molecule has 2 heterocycles. The molecule has 1 N–H and O–H groups in total. The predicted molar refractivity (Wildman–Crippen MR) is 95.0 cm³/mol. The van der Waals surface area contributed by atoms with Crippen molar-refractivity contribution >= 4 is 28.1 Å². The number of thiazole rings is 1. The highest BCUT2D eigenvalue weighted by Gasteiger charge is 2.28. The van der Waals surface area contributed by atoms with Crippen LogP contribution >= 0.6 is 11.3 Å². The van der Waals surface area contributed by atoms with Crippen molar-refractivity contribution in [1.29, 1.82) is 0 Å². The number of amides is 1. The third-order valence-electron chi connectivity index (χ3n) is 4.25. The molecule has 0 saturated carbocycles. The molecule has 0 spiro atoms. The van der Waals surface area contributed by atoms with Crippen LogP contribution in [0.15, 0.2) is 35.8 Å². The maximum atomic E-state index is 13.0. The minimum Gasteiger partial charge on any atom is -0.346 e. The number of benzene rings is 1. The number of aromatic nitrogens is 1. The Hall–Kier alpha value is -1.99. The number of anilines is 2. The van der Waals surface area contributed by atoms with Gasteiger partial charge in [-0.3, -0.25) is 9.69 Å². The van der Waals surface area contributed by atoms with Gasteiger partial charge in [-0.2, -0.15) is 0 Å². The van der Waals surface area contributed by atoms with Crippen LogP contribution in [0.25, 0.3) is 0 Å². The van der Waals surface area contributed by atoms with E-state index in [0.717, 1.165) is 37.7 Å². The van der Waals surface area contributed by atoms with Gasteiger partial charge in [0.2, 0.25) is 5.91 Å². The number of hydrogen-bond donors (Lipinski definition) is 1. The number of nitrogens with zero attached hydrogens (tertiary/aromatic N) is 3. The smallest absolute Gasteiger partial charge is 0.241 e. The average molecular weight is 348 g/mol. The van der Waals surface area contributed by atoms with Gasteiger partial charge in [-0.05, 0) is 30.7 Å². The molecule has 128 valence electrons. The van der Waals surface area contributed by atoms with E-state index < -0.39 is 0 Å². The van der Waals surface area contributed by atoms with Crippen LogP contribution in [0.3, 0.4) is 0 Å². The number of halogens is 1. The average Bonchev–Trinajstić information content (AvgIpc) is 3.13. The highest BCUT2D eigenvalue weighted by molar-refractivity contribution is 7.13. The van der Waals surface area contributed by atoms with Gasteiger partial charge in [0.15, 0.2) is 5.13 Å². The van der Waals surface area contributed by atoms with Gasteiger partial charge >= 0.3 is 0 Å². The first-order chi connectivity index (χ1) is 11.7. The molecule has 1 amide bonds. The fraction of sp³-hybridized carbons (Fsp3) is 0.412. The van der Waals surface area contributed by atoms with Crippen LogP contribution in [0.4, 0.5) is 15.2 Å². The maximum Gasteiger partial charge on any atom is 0.241 e. The second kappa shape index (κ2) is 7.72. The van der Waals surface area contributed by atoms with Gasteiger partial charge in [0.1, 0.15) is 5.82 Å². The molecule has 0 radical (unpaired) electrons. The molecule has 0 bridgehead atoms. The Labute approximate surface area is 145 Å². The van der Waals surface area contributed by atoms with Crippen LogP contribution < -0.4 is 10.2 Å². The van der Waals surface area contributed by atoms with Crippen LogP contribution in [0.1, 0.15) is 13.3 Å². The maximum absolute atomic E-state index is 13.0. The van der Waals surface area contributed by atoms with Crippen LogP contribution in [-0.2, 0) is 4.79 Å². The van der Waals surface area contributed by atoms with Crippen molar-refractivity contribution in [2.24, 2.45) is 0 Å². The molecule has 1 aromatic heterocycles. The summed E-state index contributed by atoms with van der Waals surface area (Å²) < 4.78 is 13.0. The molecule has 24 heavy (non-hydrogen) atoms. The molecule has 3 rings (SSSR count). The van der Waals surface area contributed by atoms with Gasteiger partial charge in [0.05, 0.1) is 6.04 Å². The molecule has 1 fully saturated rings. The summed E-state index contributed by atoms with van der Waals surface area (Å²) in [5, 5.41) is 5.90. The molecule has 0 aliphatic carbocycles. The van der Waals surface area contributed by atoms with Gasteiger partial charge in [0, 0.05) is 43.4 Å². The number of nitrogens with one attached hydrogen (secondary N) is 1. The third kappa shape index (κ3) is 3.91. The lowest BCUT2D eigenvalue weighted by Gasteiger charge is -2.38. The number of hydrogen-bond acceptors (Lipinski definition) is 5. The summed E-state index contributed by atoms with van der Waals surface area (Å²) in [6.07, 6.45) is 2.56. The van der Waals surface area contributed by atoms with E-state index in [1.807, 2.05) is 18.5 Å². The van der Waals surface area contributed by atoms with Gasteiger partial charge in [-0.1, -0.05) is 6.92 Å². The zero-order valence-corrected chi connectivity index (χ0v) is 14.4. The Kier molecular flexibility index (Phi) is 5.42. The molecule has 1 aromatic carbocycles. The number of rotatable bonds is 5. The molecule has 1 atom stereocenters. The first kappa shape index (κ1) is 16.9. The zero-order chi connectivity index (χ0) is 16.9. The zero-order valence-electron chi connectivity index (χ0n) is 13.6. The molecule has 0 unspecified atom stereocenters. The van der Waals surface area contributed by atoms with Crippen LogP contribution in [-0.4, -0.2) is 48.0 Å². The summed E-state index contributed by atoms with van der Waals surface area (Å²) in [4.78, 5) is 21.4. The monoisotopic (exact) mass is 348 g/mol. The third-order valence-corrected chi connectivity index (χ3v) is 5.08. The summed E-state index contributed by atoms with van der Waals surface area (Å²) in [7, 11) is 0. The minimum absolute atomic E-state index is 0.0354. The van der Waals surface area contributed by atoms with Crippen molar-refractivity contribution in [3.63, 3.8) is 0 Å².